The molecule has 2 N–H and O–H groups in total. The molecule has 0 spiro atoms. The highest BCUT2D eigenvalue weighted by molar-refractivity contribution is 6.08. The Morgan fingerprint density at radius 3 is 2.33 bits per heavy atom. The second-order valence-electron chi connectivity index (χ2n) is 7.23. The van der Waals surface area contributed by atoms with Crippen molar-refractivity contribution in [2.45, 2.75) is 25.7 Å². The maximum absolute atomic E-state index is 12.5. The molecule has 1 aliphatic heterocycles. The monoisotopic (exact) mass is 366 g/mol. The van der Waals surface area contributed by atoms with Crippen LogP contribution in [0.4, 0.5) is 5.69 Å². The molecule has 0 atom stereocenters. The number of aromatic carboxylic acids is 1. The Morgan fingerprint density at radius 2 is 1.70 bits per heavy atom. The van der Waals surface area contributed by atoms with Crippen LogP contribution in [0.15, 0.2) is 42.5 Å². The van der Waals surface area contributed by atoms with E-state index in [1.54, 1.807) is 48.3 Å². The van der Waals surface area contributed by atoms with Gasteiger partial charge in [0.1, 0.15) is 0 Å². The van der Waals surface area contributed by atoms with Crippen LogP contribution in [0, 0.1) is 0 Å². The number of hydrogen-bond acceptors (Lipinski definition) is 3. The van der Waals surface area contributed by atoms with E-state index in [0.717, 1.165) is 16.8 Å². The van der Waals surface area contributed by atoms with Gasteiger partial charge in [0.25, 0.3) is 5.91 Å². The Hall–Kier alpha value is -3.15. The van der Waals surface area contributed by atoms with Crippen molar-refractivity contribution in [3.05, 3.63) is 64.7 Å². The summed E-state index contributed by atoms with van der Waals surface area (Å²) in [7, 11) is 1.74. The fourth-order valence-corrected chi connectivity index (χ4v) is 3.35. The van der Waals surface area contributed by atoms with Crippen LogP contribution in [0.2, 0.25) is 0 Å². The number of rotatable bonds is 5. The van der Waals surface area contributed by atoms with Crippen molar-refractivity contribution in [1.82, 2.24) is 5.32 Å². The zero-order valence-corrected chi connectivity index (χ0v) is 15.6. The van der Waals surface area contributed by atoms with Gasteiger partial charge in [0.05, 0.1) is 11.0 Å². The lowest BCUT2D eigenvalue weighted by atomic mass is 9.85. The number of likely N-dealkylation sites (N-methyl/N-ethyl adjacent to an activating group) is 1. The first-order chi connectivity index (χ1) is 12.7. The van der Waals surface area contributed by atoms with Crippen LogP contribution in [0.1, 0.15) is 45.7 Å². The molecule has 140 valence electrons. The second-order valence-corrected chi connectivity index (χ2v) is 7.23. The zero-order valence-electron chi connectivity index (χ0n) is 15.6. The van der Waals surface area contributed by atoms with Crippen LogP contribution >= 0.6 is 0 Å². The highest BCUT2D eigenvalue weighted by Gasteiger charge is 2.42. The molecular formula is C21H22N2O4. The molecule has 0 saturated carbocycles. The van der Waals surface area contributed by atoms with Gasteiger partial charge in [-0.1, -0.05) is 12.1 Å². The molecule has 0 radical (unpaired) electrons. The molecule has 3 rings (SSSR count). The van der Waals surface area contributed by atoms with Crippen LogP contribution < -0.4 is 10.2 Å². The van der Waals surface area contributed by atoms with E-state index in [9.17, 15) is 14.4 Å². The molecule has 1 heterocycles. The number of carboxylic acid groups (broad SMARTS) is 1. The fourth-order valence-electron chi connectivity index (χ4n) is 3.35. The Morgan fingerprint density at radius 1 is 1.07 bits per heavy atom. The van der Waals surface area contributed by atoms with E-state index in [4.69, 9.17) is 5.11 Å². The summed E-state index contributed by atoms with van der Waals surface area (Å²) in [5.74, 6) is -1.14. The van der Waals surface area contributed by atoms with E-state index in [2.05, 4.69) is 5.32 Å². The van der Waals surface area contributed by atoms with E-state index in [0.29, 0.717) is 18.5 Å². The Kier molecular flexibility index (Phi) is 4.74. The third kappa shape index (κ3) is 3.43. The molecule has 0 aliphatic carbocycles. The van der Waals surface area contributed by atoms with Crippen LogP contribution in [-0.4, -0.2) is 36.5 Å². The number of hydrogen-bond donors (Lipinski definition) is 2. The average molecular weight is 366 g/mol. The summed E-state index contributed by atoms with van der Waals surface area (Å²) in [5.41, 5.74) is 2.75. The van der Waals surface area contributed by atoms with Crippen molar-refractivity contribution in [3.63, 3.8) is 0 Å². The summed E-state index contributed by atoms with van der Waals surface area (Å²) in [6.45, 7) is 4.16. The molecule has 0 unspecified atom stereocenters. The van der Waals surface area contributed by atoms with Gasteiger partial charge in [-0.15, -0.1) is 0 Å². The number of benzene rings is 2. The summed E-state index contributed by atoms with van der Waals surface area (Å²) in [6.07, 6.45) is 0.600. The first-order valence-corrected chi connectivity index (χ1v) is 8.75. The number of fused-ring (bicyclic) bond motifs is 1. The van der Waals surface area contributed by atoms with Crippen LogP contribution in [0.5, 0.6) is 0 Å². The van der Waals surface area contributed by atoms with Crippen molar-refractivity contribution in [3.8, 4) is 0 Å². The van der Waals surface area contributed by atoms with E-state index in [-0.39, 0.29) is 17.4 Å². The average Bonchev–Trinajstić information content (AvgIpc) is 2.82. The number of anilines is 1. The van der Waals surface area contributed by atoms with Crippen molar-refractivity contribution >= 4 is 23.5 Å². The van der Waals surface area contributed by atoms with Gasteiger partial charge < -0.3 is 15.3 Å². The van der Waals surface area contributed by atoms with E-state index < -0.39 is 11.4 Å². The van der Waals surface area contributed by atoms with Gasteiger partial charge in [-0.3, -0.25) is 9.59 Å². The molecular weight excluding hydrogens is 344 g/mol. The van der Waals surface area contributed by atoms with Gasteiger partial charge in [-0.05, 0) is 61.7 Å². The fraction of sp³-hybridized carbons (Fsp3) is 0.286. The molecule has 6 nitrogen and oxygen atoms in total. The van der Waals surface area contributed by atoms with E-state index in [1.807, 2.05) is 19.9 Å². The summed E-state index contributed by atoms with van der Waals surface area (Å²) in [5, 5.41) is 11.8. The molecule has 2 amide bonds. The minimum Gasteiger partial charge on any atom is -0.478 e. The largest absolute Gasteiger partial charge is 0.478 e. The predicted octanol–water partition coefficient (Wildman–Crippen LogP) is 2.61. The standard InChI is InChI=1S/C21H22N2O4/c1-21(2)16-12-15(8-9-17(16)23(3)20(21)27)18(24)22-11-10-13-4-6-14(7-5-13)19(25)26/h4-9,12H,10-11H2,1-3H3,(H,22,24)(H,25,26). The second kappa shape index (κ2) is 6.87. The number of amides is 2. The van der Waals surface area contributed by atoms with Gasteiger partial charge in [0.15, 0.2) is 0 Å². The maximum atomic E-state index is 12.5. The molecule has 0 aromatic heterocycles. The minimum atomic E-state index is -0.960. The quantitative estimate of drug-likeness (QED) is 0.852. The molecule has 1 aliphatic rings. The topological polar surface area (TPSA) is 86.7 Å². The van der Waals surface area contributed by atoms with Crippen molar-refractivity contribution in [1.29, 1.82) is 0 Å². The molecule has 0 bridgehead atoms. The highest BCUT2D eigenvalue weighted by atomic mass is 16.4. The lowest BCUT2D eigenvalue weighted by molar-refractivity contribution is -0.121. The summed E-state index contributed by atoms with van der Waals surface area (Å²) in [4.78, 5) is 37.3. The summed E-state index contributed by atoms with van der Waals surface area (Å²) < 4.78 is 0. The molecule has 2 aromatic rings. The normalized spacial score (nSPS) is 14.8. The predicted molar refractivity (Wildman–Crippen MR) is 102 cm³/mol. The highest BCUT2D eigenvalue weighted by Crippen LogP contribution is 2.40. The lowest BCUT2D eigenvalue weighted by Gasteiger charge is -2.16. The first-order valence-electron chi connectivity index (χ1n) is 8.75. The Labute approximate surface area is 157 Å². The van der Waals surface area contributed by atoms with Gasteiger partial charge in [0.2, 0.25) is 5.91 Å². The van der Waals surface area contributed by atoms with Crippen LogP contribution in [0.25, 0.3) is 0 Å². The maximum Gasteiger partial charge on any atom is 0.335 e. The van der Waals surface area contributed by atoms with Crippen molar-refractivity contribution < 1.29 is 19.5 Å². The lowest BCUT2D eigenvalue weighted by Crippen LogP contribution is -2.33. The van der Waals surface area contributed by atoms with Crippen molar-refractivity contribution in [2.75, 3.05) is 18.5 Å². The number of carbonyl (C=O) groups is 3. The molecule has 2 aromatic carbocycles. The number of carbonyl (C=O) groups excluding carboxylic acids is 2. The molecule has 0 saturated heterocycles. The summed E-state index contributed by atoms with van der Waals surface area (Å²) >= 11 is 0. The molecule has 0 fully saturated rings. The van der Waals surface area contributed by atoms with E-state index in [1.165, 1.54) is 0 Å². The van der Waals surface area contributed by atoms with Gasteiger partial charge in [-0.25, -0.2) is 4.79 Å². The first kappa shape index (κ1) is 18.6. The van der Waals surface area contributed by atoms with Crippen LogP contribution in [-0.2, 0) is 16.6 Å². The van der Waals surface area contributed by atoms with Crippen LogP contribution in [0.3, 0.4) is 0 Å². The number of nitrogens with one attached hydrogen (secondary N) is 1. The summed E-state index contributed by atoms with van der Waals surface area (Å²) in [6, 6.07) is 11.9. The molecule has 6 heteroatoms. The zero-order chi connectivity index (χ0) is 19.8. The molecule has 27 heavy (non-hydrogen) atoms. The minimum absolute atomic E-state index is 0.0138. The SMILES string of the molecule is CN1C(=O)C(C)(C)c2cc(C(=O)NCCc3ccc(C(=O)O)cc3)ccc21. The van der Waals surface area contributed by atoms with Gasteiger partial charge in [-0.2, -0.15) is 0 Å². The third-order valence-corrected chi connectivity index (χ3v) is 5.03. The van der Waals surface area contributed by atoms with Gasteiger partial charge >= 0.3 is 5.97 Å². The van der Waals surface area contributed by atoms with Crippen molar-refractivity contribution in [2.24, 2.45) is 0 Å². The van der Waals surface area contributed by atoms with E-state index >= 15 is 0 Å². The third-order valence-electron chi connectivity index (χ3n) is 5.03. The number of carboxylic acids is 1. The van der Waals surface area contributed by atoms with Gasteiger partial charge in [0, 0.05) is 24.8 Å². The Bertz CT molecular complexity index is 916. The smallest absolute Gasteiger partial charge is 0.335 e. The Balaban J connectivity index is 1.65. The number of nitrogens with zero attached hydrogens (tertiary/aromatic N) is 1.